The van der Waals surface area contributed by atoms with Gasteiger partial charge in [-0.3, -0.25) is 9.69 Å². The van der Waals surface area contributed by atoms with Crippen molar-refractivity contribution >= 4 is 5.78 Å². The van der Waals surface area contributed by atoms with Crippen LogP contribution < -0.4 is 0 Å². The van der Waals surface area contributed by atoms with Gasteiger partial charge in [0, 0.05) is 31.0 Å². The summed E-state index contributed by atoms with van der Waals surface area (Å²) in [5.41, 5.74) is 0. The van der Waals surface area contributed by atoms with Gasteiger partial charge in [0.15, 0.2) is 0 Å². The summed E-state index contributed by atoms with van der Waals surface area (Å²) in [7, 11) is 0. The number of carbonyl (C=O) groups is 1. The lowest BCUT2D eigenvalue weighted by Gasteiger charge is -2.58. The van der Waals surface area contributed by atoms with Gasteiger partial charge in [-0.25, -0.2) is 0 Å². The van der Waals surface area contributed by atoms with Crippen LogP contribution in [0.25, 0.3) is 0 Å². The summed E-state index contributed by atoms with van der Waals surface area (Å²) in [5.74, 6) is 3.98. The van der Waals surface area contributed by atoms with Gasteiger partial charge in [-0.1, -0.05) is 27.7 Å². The summed E-state index contributed by atoms with van der Waals surface area (Å²) in [4.78, 5) is 14.8. The summed E-state index contributed by atoms with van der Waals surface area (Å²) in [6, 6.07) is 1.29. The summed E-state index contributed by atoms with van der Waals surface area (Å²) in [6.07, 6.45) is 4.94. The highest BCUT2D eigenvalue weighted by Gasteiger charge is 2.51. The van der Waals surface area contributed by atoms with E-state index in [9.17, 15) is 4.79 Å². The molecule has 3 fully saturated rings. The first-order chi connectivity index (χ1) is 9.00. The summed E-state index contributed by atoms with van der Waals surface area (Å²) in [6.45, 7) is 10.5. The molecule has 0 aromatic heterocycles. The highest BCUT2D eigenvalue weighted by Crippen LogP contribution is 2.48. The Morgan fingerprint density at radius 2 is 1.79 bits per heavy atom. The van der Waals surface area contributed by atoms with Crippen LogP contribution in [0.15, 0.2) is 0 Å². The second kappa shape index (κ2) is 4.87. The Morgan fingerprint density at radius 3 is 2.53 bits per heavy atom. The molecule has 0 aromatic carbocycles. The third kappa shape index (κ3) is 2.07. The van der Waals surface area contributed by atoms with Gasteiger partial charge >= 0.3 is 0 Å². The number of rotatable bonds is 0. The summed E-state index contributed by atoms with van der Waals surface area (Å²) < 4.78 is 0. The second-order valence-corrected chi connectivity index (χ2v) is 7.60. The molecule has 0 amide bonds. The molecule has 2 heterocycles. The molecule has 0 aromatic rings. The highest BCUT2D eigenvalue weighted by atomic mass is 16.1. The molecule has 2 aliphatic heterocycles. The van der Waals surface area contributed by atoms with Gasteiger partial charge in [-0.2, -0.15) is 0 Å². The van der Waals surface area contributed by atoms with E-state index < -0.39 is 0 Å². The van der Waals surface area contributed by atoms with Crippen molar-refractivity contribution in [2.45, 2.75) is 65.5 Å². The third-order valence-electron chi connectivity index (χ3n) is 6.61. The molecule has 2 saturated heterocycles. The Kier molecular flexibility index (Phi) is 3.49. The normalized spacial score (nSPS) is 51.6. The Bertz CT molecular complexity index is 366. The Labute approximate surface area is 117 Å². The number of Topliss-reactive ketones (excluding diaryl/α,β-unsaturated/α-hetero) is 1. The maximum atomic E-state index is 12.1. The maximum Gasteiger partial charge on any atom is 0.138 e. The molecule has 2 heteroatoms. The van der Waals surface area contributed by atoms with Crippen molar-refractivity contribution in [2.75, 3.05) is 6.54 Å². The molecule has 0 bridgehead atoms. The number of ketones is 1. The minimum absolute atomic E-state index is 0.256. The second-order valence-electron chi connectivity index (χ2n) is 7.60. The van der Waals surface area contributed by atoms with Gasteiger partial charge in [0.1, 0.15) is 5.78 Å². The zero-order valence-corrected chi connectivity index (χ0v) is 12.9. The van der Waals surface area contributed by atoms with Crippen LogP contribution in [0.3, 0.4) is 0 Å². The predicted molar refractivity (Wildman–Crippen MR) is 77.9 cm³/mol. The van der Waals surface area contributed by atoms with Crippen LogP contribution in [-0.2, 0) is 4.79 Å². The third-order valence-corrected chi connectivity index (χ3v) is 6.61. The molecule has 0 N–H and O–H groups in total. The summed E-state index contributed by atoms with van der Waals surface area (Å²) >= 11 is 0. The lowest BCUT2D eigenvalue weighted by molar-refractivity contribution is -0.141. The number of nitrogens with zero attached hydrogens (tertiary/aromatic N) is 1. The average molecular weight is 263 g/mol. The molecular formula is C17H29NO. The fraction of sp³-hybridized carbons (Fsp3) is 0.941. The standard InChI is InChI=1S/C17H29NO/c1-10-5-6-15-14(9-10)11(2)12(3)17-13(4)16(19)7-8-18(15)17/h10-15,17H,5-9H2,1-4H3. The molecule has 3 aliphatic rings. The number of fused-ring (bicyclic) bond motifs is 3. The topological polar surface area (TPSA) is 20.3 Å². The minimum Gasteiger partial charge on any atom is -0.299 e. The van der Waals surface area contributed by atoms with E-state index in [1.165, 1.54) is 19.3 Å². The van der Waals surface area contributed by atoms with Crippen molar-refractivity contribution in [3.8, 4) is 0 Å². The van der Waals surface area contributed by atoms with Crippen molar-refractivity contribution in [1.82, 2.24) is 4.90 Å². The maximum absolute atomic E-state index is 12.1. The van der Waals surface area contributed by atoms with E-state index >= 15 is 0 Å². The van der Waals surface area contributed by atoms with Crippen LogP contribution in [0.5, 0.6) is 0 Å². The van der Waals surface area contributed by atoms with E-state index in [1.54, 1.807) is 0 Å². The van der Waals surface area contributed by atoms with Gasteiger partial charge in [-0.05, 0) is 42.9 Å². The Hall–Kier alpha value is -0.370. The number of hydrogen-bond acceptors (Lipinski definition) is 2. The zero-order chi connectivity index (χ0) is 13.7. The van der Waals surface area contributed by atoms with Crippen molar-refractivity contribution < 1.29 is 4.79 Å². The molecule has 2 nitrogen and oxygen atoms in total. The Balaban J connectivity index is 1.89. The molecule has 0 spiro atoms. The zero-order valence-electron chi connectivity index (χ0n) is 12.9. The van der Waals surface area contributed by atoms with E-state index in [1.807, 2.05) is 0 Å². The van der Waals surface area contributed by atoms with Crippen LogP contribution in [0.4, 0.5) is 0 Å². The fourth-order valence-corrected chi connectivity index (χ4v) is 5.32. The lowest BCUT2D eigenvalue weighted by atomic mass is 9.61. The SMILES string of the molecule is CC1CCC2C(C1)C(C)C(C)C1C(C)C(=O)CCN21. The molecule has 7 unspecified atom stereocenters. The van der Waals surface area contributed by atoms with E-state index in [4.69, 9.17) is 0 Å². The fourth-order valence-electron chi connectivity index (χ4n) is 5.32. The lowest BCUT2D eigenvalue weighted by Crippen LogP contribution is -2.64. The Morgan fingerprint density at radius 1 is 1.05 bits per heavy atom. The van der Waals surface area contributed by atoms with E-state index in [0.29, 0.717) is 17.7 Å². The van der Waals surface area contributed by atoms with Crippen LogP contribution >= 0.6 is 0 Å². The van der Waals surface area contributed by atoms with E-state index in [2.05, 4.69) is 32.6 Å². The highest BCUT2D eigenvalue weighted by molar-refractivity contribution is 5.82. The van der Waals surface area contributed by atoms with Crippen molar-refractivity contribution in [3.63, 3.8) is 0 Å². The predicted octanol–water partition coefficient (Wildman–Crippen LogP) is 3.36. The first kappa shape index (κ1) is 13.6. The number of hydrogen-bond donors (Lipinski definition) is 0. The number of carbonyl (C=O) groups excluding carboxylic acids is 1. The van der Waals surface area contributed by atoms with Gasteiger partial charge in [0.25, 0.3) is 0 Å². The van der Waals surface area contributed by atoms with Gasteiger partial charge < -0.3 is 0 Å². The smallest absolute Gasteiger partial charge is 0.138 e. The van der Waals surface area contributed by atoms with Gasteiger partial charge in [0.2, 0.25) is 0 Å². The first-order valence-corrected chi connectivity index (χ1v) is 8.29. The van der Waals surface area contributed by atoms with Gasteiger partial charge in [-0.15, -0.1) is 0 Å². The van der Waals surface area contributed by atoms with Crippen molar-refractivity contribution in [3.05, 3.63) is 0 Å². The van der Waals surface area contributed by atoms with E-state index in [0.717, 1.165) is 36.8 Å². The minimum atomic E-state index is 0.256. The molecule has 1 aliphatic carbocycles. The molecule has 108 valence electrons. The molecule has 0 radical (unpaired) electrons. The molecular weight excluding hydrogens is 234 g/mol. The molecule has 7 atom stereocenters. The molecule has 3 rings (SSSR count). The quantitative estimate of drug-likeness (QED) is 0.668. The van der Waals surface area contributed by atoms with Crippen LogP contribution in [0, 0.1) is 29.6 Å². The monoisotopic (exact) mass is 263 g/mol. The average Bonchev–Trinajstić information content (AvgIpc) is 2.39. The number of piperidine rings is 2. The van der Waals surface area contributed by atoms with Crippen molar-refractivity contribution in [1.29, 1.82) is 0 Å². The van der Waals surface area contributed by atoms with Crippen LogP contribution in [0.2, 0.25) is 0 Å². The largest absolute Gasteiger partial charge is 0.299 e. The van der Waals surface area contributed by atoms with Gasteiger partial charge in [0.05, 0.1) is 0 Å². The molecule has 19 heavy (non-hydrogen) atoms. The van der Waals surface area contributed by atoms with Crippen LogP contribution in [0.1, 0.15) is 53.4 Å². The van der Waals surface area contributed by atoms with Crippen LogP contribution in [-0.4, -0.2) is 29.3 Å². The van der Waals surface area contributed by atoms with Crippen molar-refractivity contribution in [2.24, 2.45) is 29.6 Å². The summed E-state index contributed by atoms with van der Waals surface area (Å²) in [5, 5.41) is 0. The first-order valence-electron chi connectivity index (χ1n) is 8.29. The molecule has 1 saturated carbocycles. The van der Waals surface area contributed by atoms with E-state index in [-0.39, 0.29) is 5.92 Å².